The van der Waals surface area contributed by atoms with E-state index in [2.05, 4.69) is 0 Å². The molecule has 0 saturated carbocycles. The Morgan fingerprint density at radius 2 is 0.897 bits per heavy atom. The van der Waals surface area contributed by atoms with Crippen molar-refractivity contribution >= 4 is 0 Å². The molecule has 174 valence electrons. The van der Waals surface area contributed by atoms with Gasteiger partial charge in [-0.3, -0.25) is 4.74 Å². The second-order valence-electron chi connectivity index (χ2n) is 4.57. The minimum atomic E-state index is -7.46. The Hall–Kier alpha value is -1.50. The van der Waals surface area contributed by atoms with Crippen LogP contribution in [0.1, 0.15) is 0 Å². The van der Waals surface area contributed by atoms with E-state index in [1.54, 1.807) is 4.74 Å². The summed E-state index contributed by atoms with van der Waals surface area (Å²) in [5.41, 5.74) is 0. The highest BCUT2D eigenvalue weighted by Crippen LogP contribution is 2.53. The Balaban J connectivity index is 6.47. The minimum absolute atomic E-state index is 1.70. The molecule has 19 heteroatoms. The number of ether oxygens (including phenoxy) is 3. The van der Waals surface area contributed by atoms with E-state index in [0.717, 1.165) is 0 Å². The van der Waals surface area contributed by atoms with Gasteiger partial charge in [-0.15, -0.1) is 0 Å². The van der Waals surface area contributed by atoms with Crippen LogP contribution in [-0.4, -0.2) is 49.7 Å². The molecule has 0 aromatic heterocycles. The number of rotatable bonds is 11. The Morgan fingerprint density at radius 1 is 0.552 bits per heavy atom. The van der Waals surface area contributed by atoms with Gasteiger partial charge in [0, 0.05) is 0 Å². The monoisotopic (exact) mass is 476 g/mol. The summed E-state index contributed by atoms with van der Waals surface area (Å²) in [6.07, 6.45) is -37.8. The summed E-state index contributed by atoms with van der Waals surface area (Å²) in [5, 5.41) is 0. The van der Waals surface area contributed by atoms with Gasteiger partial charge in [-0.2, -0.15) is 61.5 Å². The highest BCUT2D eigenvalue weighted by molar-refractivity contribution is 5.01. The fraction of sp³-hybridized carbons (Fsp3) is 0.800. The van der Waals surface area contributed by atoms with Crippen LogP contribution in [0.5, 0.6) is 0 Å². The third-order valence-electron chi connectivity index (χ3n) is 2.31. The van der Waals surface area contributed by atoms with Crippen molar-refractivity contribution in [2.24, 2.45) is 0 Å². The number of hydrogen-bond acceptors (Lipinski definition) is 3. The van der Waals surface area contributed by atoms with Gasteiger partial charge in [0.05, 0.1) is 0 Å². The fourth-order valence-corrected chi connectivity index (χ4v) is 1.18. The van der Waals surface area contributed by atoms with Crippen molar-refractivity contribution in [1.29, 1.82) is 0 Å². The summed E-state index contributed by atoms with van der Waals surface area (Å²) in [7, 11) is 0. The molecule has 0 heterocycles. The van der Waals surface area contributed by atoms with Crippen molar-refractivity contribution < 1.29 is 84.5 Å². The lowest BCUT2D eigenvalue weighted by Gasteiger charge is -2.39. The SMILES string of the molecule is FCC(F)(F)OC(F)(F)C(F)(OC(F)(F)CF)C(F)(F)OC(F)(F)C(F)=C(F)F. The lowest BCUT2D eigenvalue weighted by Crippen LogP contribution is -2.66. The summed E-state index contributed by atoms with van der Waals surface area (Å²) in [6, 6.07) is 0. The zero-order valence-electron chi connectivity index (χ0n) is 12.7. The Kier molecular flexibility index (Phi) is 7.89. The summed E-state index contributed by atoms with van der Waals surface area (Å²) >= 11 is 0. The molecular weight excluding hydrogens is 472 g/mol. The molecule has 29 heavy (non-hydrogen) atoms. The van der Waals surface area contributed by atoms with Crippen molar-refractivity contribution in [1.82, 2.24) is 0 Å². The minimum Gasteiger partial charge on any atom is -0.266 e. The van der Waals surface area contributed by atoms with Crippen LogP contribution in [0.2, 0.25) is 0 Å². The van der Waals surface area contributed by atoms with E-state index in [4.69, 9.17) is 0 Å². The van der Waals surface area contributed by atoms with Gasteiger partial charge in [0.15, 0.2) is 13.3 Å². The van der Waals surface area contributed by atoms with Crippen molar-refractivity contribution in [3.63, 3.8) is 0 Å². The van der Waals surface area contributed by atoms with Gasteiger partial charge in [-0.1, -0.05) is 0 Å². The number of halogens is 16. The van der Waals surface area contributed by atoms with Crippen LogP contribution in [0.4, 0.5) is 70.2 Å². The smallest absolute Gasteiger partial charge is 0.266 e. The van der Waals surface area contributed by atoms with Crippen molar-refractivity contribution in [3.8, 4) is 0 Å². The van der Waals surface area contributed by atoms with E-state index >= 15 is 0 Å². The molecule has 0 radical (unpaired) electrons. The van der Waals surface area contributed by atoms with Crippen molar-refractivity contribution in [2.75, 3.05) is 13.3 Å². The lowest BCUT2D eigenvalue weighted by atomic mass is 10.2. The molecule has 0 aliphatic heterocycles. The molecule has 0 fully saturated rings. The van der Waals surface area contributed by atoms with E-state index in [-0.39, 0.29) is 0 Å². The first kappa shape index (κ1) is 27.5. The fourth-order valence-electron chi connectivity index (χ4n) is 1.18. The zero-order chi connectivity index (χ0) is 23.7. The van der Waals surface area contributed by atoms with Crippen LogP contribution >= 0.6 is 0 Å². The van der Waals surface area contributed by atoms with E-state index in [1.807, 2.05) is 9.47 Å². The zero-order valence-corrected chi connectivity index (χ0v) is 12.7. The molecule has 0 aromatic carbocycles. The quantitative estimate of drug-likeness (QED) is 0.359. The largest absolute Gasteiger partial charge is 0.428 e. The third-order valence-corrected chi connectivity index (χ3v) is 2.31. The molecule has 0 saturated heterocycles. The maximum atomic E-state index is 14.0. The van der Waals surface area contributed by atoms with E-state index < -0.39 is 61.7 Å². The van der Waals surface area contributed by atoms with Crippen LogP contribution in [0.3, 0.4) is 0 Å². The first-order chi connectivity index (χ1) is 12.6. The molecule has 1 atom stereocenters. The maximum Gasteiger partial charge on any atom is 0.428 e. The lowest BCUT2D eigenvalue weighted by molar-refractivity contribution is -0.554. The van der Waals surface area contributed by atoms with Gasteiger partial charge in [0.25, 0.3) is 5.83 Å². The Labute approximate surface area is 147 Å². The van der Waals surface area contributed by atoms with Gasteiger partial charge in [-0.25, -0.2) is 18.3 Å². The molecule has 0 aliphatic rings. The van der Waals surface area contributed by atoms with Gasteiger partial charge in [0.1, 0.15) is 0 Å². The first-order valence-electron chi connectivity index (χ1n) is 6.11. The van der Waals surface area contributed by atoms with Crippen LogP contribution in [0.15, 0.2) is 11.9 Å². The molecule has 0 aliphatic carbocycles. The van der Waals surface area contributed by atoms with Gasteiger partial charge < -0.3 is 0 Å². The molecule has 1 unspecified atom stereocenters. The average molecular weight is 476 g/mol. The molecule has 0 N–H and O–H groups in total. The highest BCUT2D eigenvalue weighted by Gasteiger charge is 2.80. The second kappa shape index (κ2) is 8.32. The summed E-state index contributed by atoms with van der Waals surface area (Å²) < 4.78 is 209. The predicted molar refractivity (Wildman–Crippen MR) is 54.1 cm³/mol. The van der Waals surface area contributed by atoms with Gasteiger partial charge in [0.2, 0.25) is 0 Å². The van der Waals surface area contributed by atoms with Gasteiger partial charge >= 0.3 is 42.5 Å². The molecule has 0 spiro atoms. The van der Waals surface area contributed by atoms with Crippen LogP contribution in [-0.2, 0) is 14.2 Å². The Bertz CT molecular complexity index is 600. The van der Waals surface area contributed by atoms with Gasteiger partial charge in [-0.05, 0) is 0 Å². The summed E-state index contributed by atoms with van der Waals surface area (Å²) in [5.74, 6) is -11.7. The first-order valence-corrected chi connectivity index (χ1v) is 6.11. The molecule has 0 aromatic rings. The standard InChI is InChI=1S/C10H4F16O3/c11-1-5(16,17)27-8(22,9(23,24)28-6(18,19)2-12)10(25,26)29-7(20,21)3(13)4(14)15/h1-2H2. The molecule has 0 bridgehead atoms. The van der Waals surface area contributed by atoms with Crippen LogP contribution in [0.25, 0.3) is 0 Å². The van der Waals surface area contributed by atoms with E-state index in [1.165, 1.54) is 0 Å². The predicted octanol–water partition coefficient (Wildman–Crippen LogP) is 5.68. The second-order valence-corrected chi connectivity index (χ2v) is 4.57. The normalized spacial score (nSPS) is 16.6. The summed E-state index contributed by atoms with van der Waals surface area (Å²) in [6.45, 7) is -6.85. The molecular formula is C10H4F16O3. The Morgan fingerprint density at radius 3 is 1.24 bits per heavy atom. The molecule has 3 nitrogen and oxygen atoms in total. The van der Waals surface area contributed by atoms with Crippen molar-refractivity contribution in [2.45, 2.75) is 36.4 Å². The topological polar surface area (TPSA) is 27.7 Å². The highest BCUT2D eigenvalue weighted by atomic mass is 19.3. The number of hydrogen-bond donors (Lipinski definition) is 0. The molecule has 0 rings (SSSR count). The molecule has 0 amide bonds. The maximum absolute atomic E-state index is 14.0. The van der Waals surface area contributed by atoms with Crippen LogP contribution < -0.4 is 0 Å². The van der Waals surface area contributed by atoms with Crippen LogP contribution in [0, 0.1) is 0 Å². The summed E-state index contributed by atoms with van der Waals surface area (Å²) in [4.78, 5) is 0. The van der Waals surface area contributed by atoms with Crippen molar-refractivity contribution in [3.05, 3.63) is 11.9 Å². The number of alkyl halides is 13. The van der Waals surface area contributed by atoms with E-state index in [9.17, 15) is 70.2 Å². The van der Waals surface area contributed by atoms with E-state index in [0.29, 0.717) is 0 Å². The average Bonchev–Trinajstić information content (AvgIpc) is 2.51. The third kappa shape index (κ3) is 6.24.